The molecule has 1 N–H and O–H groups in total. The lowest BCUT2D eigenvalue weighted by molar-refractivity contribution is -0.144. The van der Waals surface area contributed by atoms with E-state index in [0.717, 1.165) is 25.7 Å². The van der Waals surface area contributed by atoms with Crippen LogP contribution in [0, 0.1) is 12.3 Å². The second-order valence-corrected chi connectivity index (χ2v) is 6.67. The molecule has 2 aliphatic carbocycles. The Morgan fingerprint density at radius 2 is 2.00 bits per heavy atom. The van der Waals surface area contributed by atoms with E-state index in [4.69, 9.17) is 22.8 Å². The van der Waals surface area contributed by atoms with E-state index in [2.05, 4.69) is 0 Å². The highest BCUT2D eigenvalue weighted by atomic mass is 35.5. The molecule has 126 valence electrons. The molecule has 0 aliphatic heterocycles. The maximum absolute atomic E-state index is 12.3. The summed E-state index contributed by atoms with van der Waals surface area (Å²) in [4.78, 5) is 25.5. The second-order valence-electron chi connectivity index (χ2n) is 6.26. The van der Waals surface area contributed by atoms with Crippen molar-refractivity contribution >= 4 is 29.2 Å². The van der Waals surface area contributed by atoms with Gasteiger partial charge in [0, 0.05) is 5.69 Å². The number of benzene rings is 1. The van der Waals surface area contributed by atoms with Gasteiger partial charge < -0.3 is 9.84 Å². The molecule has 0 aromatic heterocycles. The lowest BCUT2D eigenvalue weighted by Crippen LogP contribution is -2.55. The number of amides is 1. The number of carboxylic acid groups (broad SMARTS) is 1. The van der Waals surface area contributed by atoms with Gasteiger partial charge in [0.2, 0.25) is 0 Å². The van der Waals surface area contributed by atoms with Gasteiger partial charge in [-0.2, -0.15) is 0 Å². The monoisotopic (exact) mass is 347 g/mol. The van der Waals surface area contributed by atoms with E-state index < -0.39 is 17.4 Å². The molecule has 0 heterocycles. The van der Waals surface area contributed by atoms with Crippen LogP contribution in [0.25, 0.3) is 0 Å². The number of hydrogen-bond acceptors (Lipinski definition) is 3. The average molecular weight is 348 g/mol. The van der Waals surface area contributed by atoms with E-state index >= 15 is 0 Å². The van der Waals surface area contributed by atoms with Crippen molar-refractivity contribution in [2.24, 2.45) is 0 Å². The lowest BCUT2D eigenvalue weighted by atomic mass is 9.94. The molecule has 5 nitrogen and oxygen atoms in total. The Balaban J connectivity index is 2.00. The SMILES string of the molecule is C#CC(=O)N(c1ccc(OC2CC2)c(Cl)c1)C1(C(=O)O)CCCC1. The van der Waals surface area contributed by atoms with Crippen LogP contribution in [-0.2, 0) is 9.59 Å². The molecule has 2 fully saturated rings. The Bertz CT molecular complexity index is 714. The van der Waals surface area contributed by atoms with Crippen LogP contribution in [0.4, 0.5) is 5.69 Å². The first-order chi connectivity index (χ1) is 11.5. The van der Waals surface area contributed by atoms with E-state index in [-0.39, 0.29) is 6.10 Å². The summed E-state index contributed by atoms with van der Waals surface area (Å²) in [6.45, 7) is 0. The van der Waals surface area contributed by atoms with E-state index in [9.17, 15) is 14.7 Å². The molecule has 2 saturated carbocycles. The molecule has 0 atom stereocenters. The van der Waals surface area contributed by atoms with Gasteiger partial charge in [0.1, 0.15) is 11.3 Å². The first-order valence-corrected chi connectivity index (χ1v) is 8.36. The number of terminal acetylenes is 1. The number of carbonyl (C=O) groups is 2. The van der Waals surface area contributed by atoms with Crippen molar-refractivity contribution in [3.8, 4) is 18.1 Å². The highest BCUT2D eigenvalue weighted by molar-refractivity contribution is 6.32. The van der Waals surface area contributed by atoms with Crippen molar-refractivity contribution in [1.82, 2.24) is 0 Å². The average Bonchev–Trinajstić information content (AvgIpc) is 3.24. The zero-order valence-electron chi connectivity index (χ0n) is 13.1. The minimum absolute atomic E-state index is 0.192. The summed E-state index contributed by atoms with van der Waals surface area (Å²) < 4.78 is 5.68. The van der Waals surface area contributed by atoms with Crippen LogP contribution < -0.4 is 9.64 Å². The quantitative estimate of drug-likeness (QED) is 0.830. The molecule has 2 aliphatic rings. The molecule has 3 rings (SSSR count). The number of anilines is 1. The molecule has 0 unspecified atom stereocenters. The number of rotatable bonds is 5. The highest BCUT2D eigenvalue weighted by Crippen LogP contribution is 2.41. The Morgan fingerprint density at radius 1 is 1.33 bits per heavy atom. The van der Waals surface area contributed by atoms with E-state index in [1.54, 1.807) is 18.2 Å². The van der Waals surface area contributed by atoms with Crippen LogP contribution >= 0.6 is 11.6 Å². The van der Waals surface area contributed by atoms with Crippen LogP contribution in [0.2, 0.25) is 5.02 Å². The van der Waals surface area contributed by atoms with Gasteiger partial charge in [-0.15, -0.1) is 6.42 Å². The Morgan fingerprint density at radius 3 is 2.50 bits per heavy atom. The second kappa shape index (κ2) is 6.37. The third-order valence-electron chi connectivity index (χ3n) is 4.58. The van der Waals surface area contributed by atoms with Gasteiger partial charge in [-0.05, 0) is 49.8 Å². The topological polar surface area (TPSA) is 66.8 Å². The van der Waals surface area contributed by atoms with Gasteiger partial charge in [0.05, 0.1) is 11.1 Å². The maximum atomic E-state index is 12.3. The van der Waals surface area contributed by atoms with Gasteiger partial charge in [0.25, 0.3) is 0 Å². The largest absolute Gasteiger partial charge is 0.489 e. The summed E-state index contributed by atoms with van der Waals surface area (Å²) in [5.41, 5.74) is -0.929. The van der Waals surface area contributed by atoms with Crippen LogP contribution in [0.15, 0.2) is 18.2 Å². The molecule has 0 radical (unpaired) electrons. The number of hydrogen-bond donors (Lipinski definition) is 1. The summed E-state index contributed by atoms with van der Waals surface area (Å²) in [6.07, 6.45) is 9.69. The van der Waals surface area contributed by atoms with Gasteiger partial charge in [-0.3, -0.25) is 9.69 Å². The molecule has 1 aromatic rings. The van der Waals surface area contributed by atoms with Crippen LogP contribution in [0.3, 0.4) is 0 Å². The summed E-state index contributed by atoms with van der Waals surface area (Å²) >= 11 is 6.26. The van der Waals surface area contributed by atoms with Gasteiger partial charge in [-0.1, -0.05) is 24.4 Å². The van der Waals surface area contributed by atoms with Crippen molar-refractivity contribution in [2.45, 2.75) is 50.2 Å². The Kier molecular flexibility index (Phi) is 4.42. The molecule has 0 spiro atoms. The lowest BCUT2D eigenvalue weighted by Gasteiger charge is -2.36. The fourth-order valence-electron chi connectivity index (χ4n) is 3.21. The highest BCUT2D eigenvalue weighted by Gasteiger charge is 2.49. The summed E-state index contributed by atoms with van der Waals surface area (Å²) in [7, 11) is 0. The molecule has 0 bridgehead atoms. The van der Waals surface area contributed by atoms with Crippen molar-refractivity contribution < 1.29 is 19.4 Å². The van der Waals surface area contributed by atoms with E-state index in [0.29, 0.717) is 29.3 Å². The van der Waals surface area contributed by atoms with Crippen molar-refractivity contribution in [1.29, 1.82) is 0 Å². The number of aliphatic carboxylic acids is 1. The molecule has 0 saturated heterocycles. The van der Waals surface area contributed by atoms with Crippen LogP contribution in [0.1, 0.15) is 38.5 Å². The van der Waals surface area contributed by atoms with E-state index in [1.165, 1.54) is 4.90 Å². The third kappa shape index (κ3) is 2.94. The third-order valence-corrected chi connectivity index (χ3v) is 4.87. The summed E-state index contributed by atoms with van der Waals surface area (Å²) in [5, 5.41) is 10.1. The molecular weight excluding hydrogens is 330 g/mol. The smallest absolute Gasteiger partial charge is 0.330 e. The maximum Gasteiger partial charge on any atom is 0.330 e. The van der Waals surface area contributed by atoms with Crippen LogP contribution in [-0.4, -0.2) is 28.6 Å². The number of carboxylic acids is 1. The molecule has 1 aromatic carbocycles. The first-order valence-electron chi connectivity index (χ1n) is 7.98. The number of carbonyl (C=O) groups excluding carboxylic acids is 1. The molecule has 6 heteroatoms. The fraction of sp³-hybridized carbons (Fsp3) is 0.444. The number of ether oxygens (including phenoxy) is 1. The standard InChI is InChI=1S/C18H18ClNO4/c1-2-16(21)20(18(17(22)23)9-3-4-10-18)12-5-8-15(14(19)11-12)24-13-6-7-13/h1,5,8,11,13H,3-4,6-7,9-10H2,(H,22,23). The number of halogens is 1. The van der Waals surface area contributed by atoms with Crippen LogP contribution in [0.5, 0.6) is 5.75 Å². The Labute approximate surface area is 145 Å². The Hall–Kier alpha value is -2.19. The first kappa shape index (κ1) is 16.7. The summed E-state index contributed by atoms with van der Waals surface area (Å²) in [5.74, 6) is 0.862. The van der Waals surface area contributed by atoms with E-state index in [1.807, 2.05) is 5.92 Å². The molecule has 1 amide bonds. The van der Waals surface area contributed by atoms with Gasteiger partial charge in [0.15, 0.2) is 0 Å². The predicted molar refractivity (Wildman–Crippen MR) is 90.3 cm³/mol. The fourth-order valence-corrected chi connectivity index (χ4v) is 3.43. The molecular formula is C18H18ClNO4. The minimum atomic E-state index is -1.31. The zero-order chi connectivity index (χ0) is 17.3. The summed E-state index contributed by atoms with van der Waals surface area (Å²) in [6, 6.07) is 4.86. The zero-order valence-corrected chi connectivity index (χ0v) is 13.9. The number of nitrogens with zero attached hydrogens (tertiary/aromatic N) is 1. The van der Waals surface area contributed by atoms with Crippen molar-refractivity contribution in [2.75, 3.05) is 4.90 Å². The molecule has 24 heavy (non-hydrogen) atoms. The van der Waals surface area contributed by atoms with Crippen molar-refractivity contribution in [3.63, 3.8) is 0 Å². The van der Waals surface area contributed by atoms with Gasteiger partial charge in [-0.25, -0.2) is 4.79 Å². The predicted octanol–water partition coefficient (Wildman–Crippen LogP) is 3.24. The van der Waals surface area contributed by atoms with Crippen molar-refractivity contribution in [3.05, 3.63) is 23.2 Å². The minimum Gasteiger partial charge on any atom is -0.489 e. The normalized spacial score (nSPS) is 18.7. The van der Waals surface area contributed by atoms with Gasteiger partial charge >= 0.3 is 11.9 Å².